The maximum absolute atomic E-state index is 12.4. The molecule has 2 aliphatic heterocycles. The fourth-order valence-electron chi connectivity index (χ4n) is 3.54. The van der Waals surface area contributed by atoms with Crippen molar-refractivity contribution in [3.63, 3.8) is 0 Å². The second-order valence-corrected chi connectivity index (χ2v) is 5.91. The van der Waals surface area contributed by atoms with E-state index in [2.05, 4.69) is 6.92 Å². The van der Waals surface area contributed by atoms with E-state index in [1.165, 1.54) is 0 Å². The smallest absolute Gasteiger partial charge is 0.415 e. The summed E-state index contributed by atoms with van der Waals surface area (Å²) in [6.45, 7) is 2.28. The number of nitrogens with zero attached hydrogens (tertiary/aromatic N) is 1. The van der Waals surface area contributed by atoms with Crippen LogP contribution in [0.1, 0.15) is 32.6 Å². The van der Waals surface area contributed by atoms with Crippen LogP contribution in [0.5, 0.6) is 11.5 Å². The van der Waals surface area contributed by atoms with Crippen LogP contribution >= 0.6 is 0 Å². The predicted molar refractivity (Wildman–Crippen MR) is 76.1 cm³/mol. The number of methoxy groups -OCH3 is 1. The third-order valence-corrected chi connectivity index (χ3v) is 4.44. The highest BCUT2D eigenvalue weighted by atomic mass is 16.6. The van der Waals surface area contributed by atoms with Crippen molar-refractivity contribution in [3.8, 4) is 11.5 Å². The van der Waals surface area contributed by atoms with Crippen LogP contribution in [0.25, 0.3) is 0 Å². The summed E-state index contributed by atoms with van der Waals surface area (Å²) in [5.74, 6) is 2.06. The Balaban J connectivity index is 1.67. The van der Waals surface area contributed by atoms with Crippen molar-refractivity contribution in [1.29, 1.82) is 0 Å². The normalized spacial score (nSPS) is 28.3. The summed E-state index contributed by atoms with van der Waals surface area (Å²) in [5, 5.41) is 0. The largest absolute Gasteiger partial charge is 0.497 e. The molecule has 1 aromatic rings. The Morgan fingerprint density at radius 2 is 1.65 bits per heavy atom. The van der Waals surface area contributed by atoms with Gasteiger partial charge in [-0.3, -0.25) is 0 Å². The molecular formula is C16H21NO3. The minimum atomic E-state index is -0.199. The molecule has 0 aliphatic carbocycles. The van der Waals surface area contributed by atoms with Crippen LogP contribution < -0.4 is 9.47 Å². The van der Waals surface area contributed by atoms with Crippen LogP contribution in [0.15, 0.2) is 24.3 Å². The van der Waals surface area contributed by atoms with Gasteiger partial charge in [-0.05, 0) is 55.9 Å². The third-order valence-electron chi connectivity index (χ3n) is 4.44. The topological polar surface area (TPSA) is 38.8 Å². The minimum Gasteiger partial charge on any atom is -0.497 e. The van der Waals surface area contributed by atoms with Crippen molar-refractivity contribution in [2.75, 3.05) is 7.11 Å². The monoisotopic (exact) mass is 275 g/mol. The first-order chi connectivity index (χ1) is 9.67. The predicted octanol–water partition coefficient (Wildman–Crippen LogP) is 3.46. The molecule has 1 amide bonds. The van der Waals surface area contributed by atoms with E-state index < -0.39 is 0 Å². The molecule has 0 N–H and O–H groups in total. The van der Waals surface area contributed by atoms with Crippen LogP contribution in [0, 0.1) is 5.92 Å². The molecule has 3 rings (SSSR count). The zero-order valence-corrected chi connectivity index (χ0v) is 12.0. The molecular weight excluding hydrogens is 254 g/mol. The molecule has 4 nitrogen and oxygen atoms in total. The number of ether oxygens (including phenoxy) is 2. The molecule has 0 aromatic heterocycles. The van der Waals surface area contributed by atoms with Gasteiger partial charge in [0.1, 0.15) is 11.5 Å². The van der Waals surface area contributed by atoms with E-state index in [1.807, 2.05) is 4.90 Å². The van der Waals surface area contributed by atoms with Gasteiger partial charge in [-0.15, -0.1) is 0 Å². The van der Waals surface area contributed by atoms with Crippen molar-refractivity contribution in [1.82, 2.24) is 4.90 Å². The standard InChI is InChI=1S/C16H21NO3/c1-11-9-12-3-4-13(10-11)17(12)16(18)20-15-7-5-14(19-2)6-8-15/h5-8,11-13H,3-4,9-10H2,1-2H3. The van der Waals surface area contributed by atoms with Crippen molar-refractivity contribution < 1.29 is 14.3 Å². The fraction of sp³-hybridized carbons (Fsp3) is 0.562. The summed E-state index contributed by atoms with van der Waals surface area (Å²) in [5.41, 5.74) is 0. The molecule has 0 saturated carbocycles. The second-order valence-electron chi connectivity index (χ2n) is 5.91. The molecule has 0 radical (unpaired) electrons. The van der Waals surface area contributed by atoms with Crippen LogP contribution in [0.4, 0.5) is 4.79 Å². The van der Waals surface area contributed by atoms with Crippen LogP contribution in [-0.2, 0) is 0 Å². The highest BCUT2D eigenvalue weighted by Gasteiger charge is 2.42. The molecule has 4 heteroatoms. The number of carbonyl (C=O) groups is 1. The SMILES string of the molecule is COc1ccc(OC(=O)N2C3CCC2CC(C)C3)cc1. The van der Waals surface area contributed by atoms with E-state index in [0.29, 0.717) is 17.8 Å². The van der Waals surface area contributed by atoms with E-state index in [1.54, 1.807) is 31.4 Å². The maximum atomic E-state index is 12.4. The van der Waals surface area contributed by atoms with Crippen molar-refractivity contribution in [2.24, 2.45) is 5.92 Å². The first-order valence-corrected chi connectivity index (χ1v) is 7.31. The van der Waals surface area contributed by atoms with Crippen molar-refractivity contribution >= 4 is 6.09 Å². The summed E-state index contributed by atoms with van der Waals surface area (Å²) in [6, 6.07) is 7.88. The third kappa shape index (κ3) is 2.47. The lowest BCUT2D eigenvalue weighted by atomic mass is 9.93. The Hall–Kier alpha value is -1.71. The number of hydrogen-bond donors (Lipinski definition) is 0. The molecule has 2 unspecified atom stereocenters. The number of carbonyl (C=O) groups excluding carboxylic acids is 1. The lowest BCUT2D eigenvalue weighted by molar-refractivity contribution is 0.0938. The highest BCUT2D eigenvalue weighted by molar-refractivity contribution is 5.72. The Bertz CT molecular complexity index is 471. The minimum absolute atomic E-state index is 0.199. The Morgan fingerprint density at radius 3 is 2.20 bits per heavy atom. The van der Waals surface area contributed by atoms with Gasteiger partial charge in [0.15, 0.2) is 0 Å². The summed E-state index contributed by atoms with van der Waals surface area (Å²) in [7, 11) is 1.62. The van der Waals surface area contributed by atoms with Gasteiger partial charge in [0.2, 0.25) is 0 Å². The summed E-state index contributed by atoms with van der Waals surface area (Å²) < 4.78 is 10.6. The zero-order valence-electron chi connectivity index (χ0n) is 12.0. The van der Waals surface area contributed by atoms with Crippen molar-refractivity contribution in [2.45, 2.75) is 44.7 Å². The highest BCUT2D eigenvalue weighted by Crippen LogP contribution is 2.38. The number of rotatable bonds is 2. The quantitative estimate of drug-likeness (QED) is 0.829. The molecule has 108 valence electrons. The Morgan fingerprint density at radius 1 is 1.10 bits per heavy atom. The molecule has 1 aromatic carbocycles. The molecule has 20 heavy (non-hydrogen) atoms. The second kappa shape index (κ2) is 5.35. The van der Waals surface area contributed by atoms with Crippen LogP contribution in [0.2, 0.25) is 0 Å². The Labute approximate surface area is 119 Å². The summed E-state index contributed by atoms with van der Waals surface area (Å²) in [6.07, 6.45) is 4.25. The summed E-state index contributed by atoms with van der Waals surface area (Å²) >= 11 is 0. The molecule has 2 saturated heterocycles. The average molecular weight is 275 g/mol. The number of fused-ring (bicyclic) bond motifs is 2. The molecule has 2 fully saturated rings. The first-order valence-electron chi connectivity index (χ1n) is 7.31. The maximum Gasteiger partial charge on any atom is 0.415 e. The number of amides is 1. The van der Waals surface area contributed by atoms with Gasteiger partial charge in [0.25, 0.3) is 0 Å². The number of piperidine rings is 1. The molecule has 2 heterocycles. The van der Waals surface area contributed by atoms with Gasteiger partial charge in [-0.1, -0.05) is 6.92 Å². The lowest BCUT2D eigenvalue weighted by Crippen LogP contribution is -2.47. The molecule has 0 spiro atoms. The van der Waals surface area contributed by atoms with Gasteiger partial charge in [-0.2, -0.15) is 0 Å². The van der Waals surface area contributed by atoms with E-state index in [-0.39, 0.29) is 6.09 Å². The van der Waals surface area contributed by atoms with E-state index >= 15 is 0 Å². The van der Waals surface area contributed by atoms with E-state index in [9.17, 15) is 4.79 Å². The summed E-state index contributed by atoms with van der Waals surface area (Å²) in [4.78, 5) is 14.3. The lowest BCUT2D eigenvalue weighted by Gasteiger charge is -2.36. The van der Waals surface area contributed by atoms with Gasteiger partial charge in [0, 0.05) is 12.1 Å². The van der Waals surface area contributed by atoms with Crippen LogP contribution in [0.3, 0.4) is 0 Å². The van der Waals surface area contributed by atoms with Crippen LogP contribution in [-0.4, -0.2) is 30.2 Å². The number of benzene rings is 1. The van der Waals surface area contributed by atoms with Crippen molar-refractivity contribution in [3.05, 3.63) is 24.3 Å². The van der Waals surface area contributed by atoms with Gasteiger partial charge >= 0.3 is 6.09 Å². The molecule has 2 aliphatic rings. The number of hydrogen-bond acceptors (Lipinski definition) is 3. The van der Waals surface area contributed by atoms with Gasteiger partial charge in [0.05, 0.1) is 7.11 Å². The first kappa shape index (κ1) is 13.3. The fourth-order valence-corrected chi connectivity index (χ4v) is 3.54. The van der Waals surface area contributed by atoms with Gasteiger partial charge in [-0.25, -0.2) is 4.79 Å². The van der Waals surface area contributed by atoms with E-state index in [0.717, 1.165) is 37.4 Å². The molecule has 2 atom stereocenters. The molecule has 2 bridgehead atoms. The zero-order chi connectivity index (χ0) is 14.1. The van der Waals surface area contributed by atoms with E-state index in [4.69, 9.17) is 9.47 Å². The average Bonchev–Trinajstić information content (AvgIpc) is 2.72. The Kier molecular flexibility index (Phi) is 3.55. The van der Waals surface area contributed by atoms with Gasteiger partial charge < -0.3 is 14.4 Å².